The van der Waals surface area contributed by atoms with Crippen molar-refractivity contribution in [1.29, 1.82) is 0 Å². The molecule has 0 saturated carbocycles. The molecule has 0 fully saturated rings. The van der Waals surface area contributed by atoms with Gasteiger partial charge in [0.05, 0.1) is 5.69 Å². The predicted octanol–water partition coefficient (Wildman–Crippen LogP) is 2.89. The zero-order valence-corrected chi connectivity index (χ0v) is 13.4. The summed E-state index contributed by atoms with van der Waals surface area (Å²) in [5.41, 5.74) is -0.601. The molecule has 3 rings (SSSR count). The van der Waals surface area contributed by atoms with Crippen molar-refractivity contribution in [1.82, 2.24) is 10.1 Å². The number of benzene rings is 1. The van der Waals surface area contributed by atoms with Gasteiger partial charge < -0.3 is 14.6 Å². The Bertz CT molecular complexity index is 939. The lowest BCUT2D eigenvalue weighted by atomic mass is 10.2. The Morgan fingerprint density at radius 3 is 2.73 bits per heavy atom. The molecule has 2 aromatic heterocycles. The van der Waals surface area contributed by atoms with Crippen LogP contribution < -0.4 is 0 Å². The van der Waals surface area contributed by atoms with E-state index in [4.69, 9.17) is 16.1 Å². The number of aromatic amines is 1. The number of rotatable bonds is 3. The molecule has 6 nitrogen and oxygen atoms in total. The highest BCUT2D eigenvalue weighted by atomic mass is 35.5. The largest absolute Gasteiger partial charge is 0.373 e. The number of hydrogen-bond acceptors (Lipinski definition) is 5. The normalized spacial score (nSPS) is 13.6. The second kappa shape index (κ2) is 5.12. The van der Waals surface area contributed by atoms with Gasteiger partial charge in [0.25, 0.3) is 0 Å². The summed E-state index contributed by atoms with van der Waals surface area (Å²) in [6.07, 6.45) is 1.46. The first-order chi connectivity index (χ1) is 10.3. The molecule has 0 radical (unpaired) electrons. The molecule has 0 spiro atoms. The van der Waals surface area contributed by atoms with Crippen LogP contribution in [0.5, 0.6) is 0 Å². The number of aromatic nitrogens is 2. The summed E-state index contributed by atoms with van der Waals surface area (Å²) in [6, 6.07) is 5.00. The van der Waals surface area contributed by atoms with Crippen LogP contribution in [0.15, 0.2) is 33.8 Å². The Morgan fingerprint density at radius 2 is 2.09 bits per heavy atom. The van der Waals surface area contributed by atoms with E-state index in [1.165, 1.54) is 20.0 Å². The van der Waals surface area contributed by atoms with Crippen LogP contribution in [0.2, 0.25) is 5.02 Å². The summed E-state index contributed by atoms with van der Waals surface area (Å²) in [5, 5.41) is 15.1. The lowest BCUT2D eigenvalue weighted by Gasteiger charge is -2.11. The third-order valence-electron chi connectivity index (χ3n) is 3.49. The Hall–Kier alpha value is -1.83. The average molecular weight is 341 g/mol. The van der Waals surface area contributed by atoms with Crippen LogP contribution in [-0.2, 0) is 9.84 Å². The van der Waals surface area contributed by atoms with Crippen molar-refractivity contribution in [2.75, 3.05) is 0 Å². The van der Waals surface area contributed by atoms with Gasteiger partial charge in [-0.05, 0) is 32.0 Å². The Kier molecular flexibility index (Phi) is 3.51. The van der Waals surface area contributed by atoms with E-state index in [1.807, 2.05) is 0 Å². The van der Waals surface area contributed by atoms with Crippen LogP contribution in [0.4, 0.5) is 0 Å². The number of nitrogens with zero attached hydrogens (tertiary/aromatic N) is 1. The molecule has 0 aliphatic carbocycles. The molecule has 0 saturated heterocycles. The maximum Gasteiger partial charge on any atom is 0.214 e. The van der Waals surface area contributed by atoms with Crippen molar-refractivity contribution < 1.29 is 18.0 Å². The summed E-state index contributed by atoms with van der Waals surface area (Å²) >= 11 is 5.95. The fourth-order valence-electron chi connectivity index (χ4n) is 2.48. The minimum Gasteiger partial charge on any atom is -0.373 e. The summed E-state index contributed by atoms with van der Waals surface area (Å²) < 4.78 is 30.2. The Labute approximate surface area is 131 Å². The highest BCUT2D eigenvalue weighted by molar-refractivity contribution is 7.91. The third kappa shape index (κ3) is 2.22. The van der Waals surface area contributed by atoms with Crippen molar-refractivity contribution in [3.8, 4) is 0 Å². The molecule has 22 heavy (non-hydrogen) atoms. The van der Waals surface area contributed by atoms with Gasteiger partial charge in [-0.3, -0.25) is 0 Å². The molecule has 0 aliphatic heterocycles. The maximum absolute atomic E-state index is 12.7. The summed E-state index contributed by atoms with van der Waals surface area (Å²) in [5.74, 6) is 0.148. The van der Waals surface area contributed by atoms with Crippen molar-refractivity contribution >= 4 is 32.3 Å². The lowest BCUT2D eigenvalue weighted by Crippen LogP contribution is -2.14. The van der Waals surface area contributed by atoms with Crippen LogP contribution in [0.25, 0.3) is 10.9 Å². The molecule has 2 N–H and O–H groups in total. The van der Waals surface area contributed by atoms with Gasteiger partial charge in [0.15, 0.2) is 11.2 Å². The smallest absolute Gasteiger partial charge is 0.214 e. The Balaban J connectivity index is 2.17. The molecule has 0 amide bonds. The van der Waals surface area contributed by atoms with Crippen LogP contribution in [-0.4, -0.2) is 23.7 Å². The van der Waals surface area contributed by atoms with Gasteiger partial charge >= 0.3 is 0 Å². The van der Waals surface area contributed by atoms with Crippen LogP contribution in [0.3, 0.4) is 0 Å². The number of sulfone groups is 1. The van der Waals surface area contributed by atoms with Crippen molar-refractivity contribution in [2.24, 2.45) is 0 Å². The quantitative estimate of drug-likeness (QED) is 0.764. The van der Waals surface area contributed by atoms with Crippen LogP contribution in [0.1, 0.15) is 22.5 Å². The summed E-state index contributed by atoms with van der Waals surface area (Å²) in [6.45, 7) is 3.01. The lowest BCUT2D eigenvalue weighted by molar-refractivity contribution is 0.256. The number of aliphatic hydroxyl groups is 1. The first kappa shape index (κ1) is 15.1. The number of aryl methyl sites for hydroxylation is 2. The van der Waals surface area contributed by atoms with Gasteiger partial charge in [0.2, 0.25) is 9.84 Å². The molecule has 116 valence electrons. The summed E-state index contributed by atoms with van der Waals surface area (Å²) in [7, 11) is -4.05. The first-order valence-electron chi connectivity index (χ1n) is 6.43. The molecule has 1 aromatic carbocycles. The fourth-order valence-corrected chi connectivity index (χ4v) is 4.29. The molecule has 0 bridgehead atoms. The van der Waals surface area contributed by atoms with Gasteiger partial charge in [-0.25, -0.2) is 8.42 Å². The monoisotopic (exact) mass is 340 g/mol. The molecular formula is C14H13ClN2O4S. The second-order valence-electron chi connectivity index (χ2n) is 4.98. The van der Waals surface area contributed by atoms with E-state index in [0.717, 1.165) is 0 Å². The van der Waals surface area contributed by atoms with Gasteiger partial charge in [-0.15, -0.1) is 0 Å². The van der Waals surface area contributed by atoms with E-state index in [1.54, 1.807) is 18.2 Å². The third-order valence-corrected chi connectivity index (χ3v) is 5.72. The number of H-pyrrole nitrogens is 1. The van der Waals surface area contributed by atoms with Crippen molar-refractivity contribution in [3.63, 3.8) is 0 Å². The standard InChI is InChI=1S/C14H13ClN2O4S/c1-7-13(8(2)21-17-7)22(19,20)14(18)11-6-16-12-4-3-9(15)5-10(11)12/h3-6,14,16,18H,1-2H3. The maximum atomic E-state index is 12.7. The van der Waals surface area contributed by atoms with E-state index in [9.17, 15) is 13.5 Å². The van der Waals surface area contributed by atoms with E-state index < -0.39 is 15.3 Å². The minimum atomic E-state index is -4.05. The number of hydrogen-bond donors (Lipinski definition) is 2. The number of fused-ring (bicyclic) bond motifs is 1. The fraction of sp³-hybridized carbons (Fsp3) is 0.214. The topological polar surface area (TPSA) is 96.2 Å². The average Bonchev–Trinajstić information content (AvgIpc) is 3.01. The molecule has 1 atom stereocenters. The van der Waals surface area contributed by atoms with Crippen molar-refractivity contribution in [3.05, 3.63) is 46.4 Å². The van der Waals surface area contributed by atoms with Gasteiger partial charge in [-0.1, -0.05) is 16.8 Å². The molecule has 3 aromatic rings. The molecule has 0 aliphatic rings. The Morgan fingerprint density at radius 1 is 1.36 bits per heavy atom. The van der Waals surface area contributed by atoms with Gasteiger partial charge in [0.1, 0.15) is 4.90 Å². The number of halogens is 1. The molecule has 8 heteroatoms. The van der Waals surface area contributed by atoms with Gasteiger partial charge in [0, 0.05) is 27.7 Å². The van der Waals surface area contributed by atoms with Gasteiger partial charge in [-0.2, -0.15) is 0 Å². The van der Waals surface area contributed by atoms with E-state index in [-0.39, 0.29) is 21.9 Å². The zero-order chi connectivity index (χ0) is 16.1. The van der Waals surface area contributed by atoms with E-state index >= 15 is 0 Å². The predicted molar refractivity (Wildman–Crippen MR) is 81.4 cm³/mol. The van der Waals surface area contributed by atoms with E-state index in [0.29, 0.717) is 15.9 Å². The second-order valence-corrected chi connectivity index (χ2v) is 7.37. The highest BCUT2D eigenvalue weighted by Crippen LogP contribution is 2.34. The molecular weight excluding hydrogens is 328 g/mol. The minimum absolute atomic E-state index is 0.0867. The van der Waals surface area contributed by atoms with Crippen LogP contribution in [0, 0.1) is 13.8 Å². The SMILES string of the molecule is Cc1noc(C)c1S(=O)(=O)C(O)c1c[nH]c2ccc(Cl)cc12. The number of aliphatic hydroxyl groups excluding tert-OH is 1. The first-order valence-corrected chi connectivity index (χ1v) is 8.36. The van der Waals surface area contributed by atoms with E-state index in [2.05, 4.69) is 10.1 Å². The van der Waals surface area contributed by atoms with Crippen LogP contribution >= 0.6 is 11.6 Å². The highest BCUT2D eigenvalue weighted by Gasteiger charge is 2.34. The molecule has 1 unspecified atom stereocenters. The molecule has 2 heterocycles. The summed E-state index contributed by atoms with van der Waals surface area (Å²) in [4.78, 5) is 2.83. The van der Waals surface area contributed by atoms with Crippen molar-refractivity contribution in [2.45, 2.75) is 24.2 Å². The zero-order valence-electron chi connectivity index (χ0n) is 11.8. The number of nitrogens with one attached hydrogen (secondary N) is 1.